The van der Waals surface area contributed by atoms with Crippen LogP contribution in [-0.2, 0) is 22.6 Å². The highest BCUT2D eigenvalue weighted by Gasteiger charge is 2.50. The van der Waals surface area contributed by atoms with Gasteiger partial charge in [0, 0.05) is 68.5 Å². The predicted molar refractivity (Wildman–Crippen MR) is 163 cm³/mol. The van der Waals surface area contributed by atoms with Crippen molar-refractivity contribution in [2.24, 2.45) is 0 Å². The fourth-order valence-corrected chi connectivity index (χ4v) is 7.39. The Bertz CT molecular complexity index is 1730. The second kappa shape index (κ2) is 10.1. The van der Waals surface area contributed by atoms with Gasteiger partial charge in [0.1, 0.15) is 12.6 Å². The minimum absolute atomic E-state index is 0.0192. The molecule has 0 unspecified atom stereocenters. The SMILES string of the molecule is CN(C)c1ccc(CN2CC[C@@H](N3CC(=O)N4[C@H](c5ccc6c(c5)OCO6)c5[nH]c6ccccc6c5C[C@@H]4C3=O)C2)cc1. The lowest BCUT2D eigenvalue weighted by Gasteiger charge is -2.48. The third-order valence-corrected chi connectivity index (χ3v) is 9.55. The number of ether oxygens (including phenoxy) is 2. The summed E-state index contributed by atoms with van der Waals surface area (Å²) in [5.74, 6) is 1.38. The van der Waals surface area contributed by atoms with E-state index in [4.69, 9.17) is 9.47 Å². The molecule has 0 bridgehead atoms. The first kappa shape index (κ1) is 26.2. The van der Waals surface area contributed by atoms with Gasteiger partial charge in [0.25, 0.3) is 0 Å². The Morgan fingerprint density at radius 2 is 1.79 bits per heavy atom. The van der Waals surface area contributed by atoms with Crippen LogP contribution in [-0.4, -0.2) is 84.1 Å². The molecule has 2 amide bonds. The van der Waals surface area contributed by atoms with Crippen molar-refractivity contribution in [3.63, 3.8) is 0 Å². The third-order valence-electron chi connectivity index (χ3n) is 9.55. The van der Waals surface area contributed by atoms with E-state index in [9.17, 15) is 9.59 Å². The molecular weight excluding hydrogens is 542 g/mol. The van der Waals surface area contributed by atoms with Gasteiger partial charge < -0.3 is 29.2 Å². The number of rotatable bonds is 5. The molecule has 0 aliphatic carbocycles. The largest absolute Gasteiger partial charge is 0.454 e. The Kier molecular flexibility index (Phi) is 6.11. The number of nitrogens with one attached hydrogen (secondary N) is 1. The number of para-hydroxylation sites is 1. The number of carbonyl (C=O) groups excluding carboxylic acids is 2. The lowest BCUT2D eigenvalue weighted by molar-refractivity contribution is -0.160. The van der Waals surface area contributed by atoms with Gasteiger partial charge in [-0.05, 0) is 53.4 Å². The number of aromatic amines is 1. The van der Waals surface area contributed by atoms with Gasteiger partial charge in [0.15, 0.2) is 11.5 Å². The first-order chi connectivity index (χ1) is 20.9. The van der Waals surface area contributed by atoms with Gasteiger partial charge in [-0.2, -0.15) is 0 Å². The number of piperazine rings is 1. The van der Waals surface area contributed by atoms with Crippen molar-refractivity contribution < 1.29 is 19.1 Å². The number of hydrogen-bond acceptors (Lipinski definition) is 6. The maximum atomic E-state index is 14.3. The maximum Gasteiger partial charge on any atom is 0.246 e. The van der Waals surface area contributed by atoms with Crippen molar-refractivity contribution >= 4 is 28.4 Å². The number of carbonyl (C=O) groups is 2. The van der Waals surface area contributed by atoms with Crippen molar-refractivity contribution in [1.82, 2.24) is 19.7 Å². The van der Waals surface area contributed by atoms with Crippen LogP contribution in [0.15, 0.2) is 66.7 Å². The van der Waals surface area contributed by atoms with Crippen LogP contribution in [0.1, 0.15) is 34.8 Å². The van der Waals surface area contributed by atoms with E-state index in [0.29, 0.717) is 17.9 Å². The Hall–Kier alpha value is -4.50. The second-order valence-electron chi connectivity index (χ2n) is 12.3. The first-order valence-electron chi connectivity index (χ1n) is 15.0. The Labute approximate surface area is 250 Å². The number of likely N-dealkylation sites (tertiary alicyclic amines) is 1. The highest BCUT2D eigenvalue weighted by atomic mass is 16.7. The molecule has 0 saturated carbocycles. The highest BCUT2D eigenvalue weighted by Crippen LogP contribution is 2.45. The lowest BCUT2D eigenvalue weighted by Crippen LogP contribution is -2.65. The van der Waals surface area contributed by atoms with E-state index in [1.165, 1.54) is 11.3 Å². The molecule has 8 rings (SSSR count). The molecule has 4 aliphatic heterocycles. The Morgan fingerprint density at radius 3 is 2.63 bits per heavy atom. The molecule has 4 aliphatic rings. The normalized spacial score (nSPS) is 23.2. The highest BCUT2D eigenvalue weighted by molar-refractivity contribution is 5.98. The molecule has 3 atom stereocenters. The average molecular weight is 578 g/mol. The van der Waals surface area contributed by atoms with Crippen LogP contribution in [0.3, 0.4) is 0 Å². The maximum absolute atomic E-state index is 14.3. The van der Waals surface area contributed by atoms with Crippen molar-refractivity contribution in [2.45, 2.75) is 37.5 Å². The van der Waals surface area contributed by atoms with Gasteiger partial charge in [-0.3, -0.25) is 14.5 Å². The number of anilines is 1. The number of H-pyrrole nitrogens is 1. The zero-order valence-electron chi connectivity index (χ0n) is 24.5. The fourth-order valence-electron chi connectivity index (χ4n) is 7.39. The van der Waals surface area contributed by atoms with Crippen molar-refractivity contribution in [1.29, 1.82) is 0 Å². The van der Waals surface area contributed by atoms with Crippen LogP contribution in [0.5, 0.6) is 11.5 Å². The minimum atomic E-state index is -0.559. The summed E-state index contributed by atoms with van der Waals surface area (Å²) in [5.41, 5.74) is 6.43. The molecule has 9 heteroatoms. The number of amides is 2. The van der Waals surface area contributed by atoms with E-state index in [2.05, 4.69) is 51.2 Å². The molecule has 220 valence electrons. The molecule has 3 aromatic carbocycles. The van der Waals surface area contributed by atoms with Gasteiger partial charge in [0.2, 0.25) is 18.6 Å². The smallest absolute Gasteiger partial charge is 0.246 e. The molecule has 1 N–H and O–H groups in total. The monoisotopic (exact) mass is 577 g/mol. The van der Waals surface area contributed by atoms with Gasteiger partial charge in [-0.15, -0.1) is 0 Å². The molecule has 0 spiro atoms. The summed E-state index contributed by atoms with van der Waals surface area (Å²) >= 11 is 0. The molecule has 2 saturated heterocycles. The summed E-state index contributed by atoms with van der Waals surface area (Å²) in [6, 6.07) is 21.7. The fraction of sp³-hybridized carbons (Fsp3) is 0.353. The average Bonchev–Trinajstić information content (AvgIpc) is 3.76. The van der Waals surface area contributed by atoms with E-state index in [1.54, 1.807) is 0 Å². The summed E-state index contributed by atoms with van der Waals surface area (Å²) in [6.07, 6.45) is 1.36. The molecule has 43 heavy (non-hydrogen) atoms. The molecular formula is C34H35N5O4. The van der Waals surface area contributed by atoms with E-state index in [0.717, 1.165) is 53.8 Å². The van der Waals surface area contributed by atoms with E-state index >= 15 is 0 Å². The zero-order valence-corrected chi connectivity index (χ0v) is 24.5. The predicted octanol–water partition coefficient (Wildman–Crippen LogP) is 3.92. The summed E-state index contributed by atoms with van der Waals surface area (Å²) in [7, 11) is 4.09. The van der Waals surface area contributed by atoms with Gasteiger partial charge in [-0.25, -0.2) is 0 Å². The summed E-state index contributed by atoms with van der Waals surface area (Å²) < 4.78 is 11.3. The lowest BCUT2D eigenvalue weighted by atomic mass is 9.85. The molecule has 0 radical (unpaired) electrons. The molecule has 2 fully saturated rings. The number of hydrogen-bond donors (Lipinski definition) is 1. The van der Waals surface area contributed by atoms with Crippen LogP contribution in [0.2, 0.25) is 0 Å². The number of aromatic nitrogens is 1. The summed E-state index contributed by atoms with van der Waals surface area (Å²) in [5, 5.41) is 1.10. The Morgan fingerprint density at radius 1 is 0.977 bits per heavy atom. The van der Waals surface area contributed by atoms with Gasteiger partial charge in [0.05, 0.1) is 6.04 Å². The molecule has 4 aromatic rings. The molecule has 9 nitrogen and oxygen atoms in total. The van der Waals surface area contributed by atoms with E-state index in [1.807, 2.05) is 54.2 Å². The number of nitrogens with zero attached hydrogens (tertiary/aromatic N) is 4. The topological polar surface area (TPSA) is 81.3 Å². The van der Waals surface area contributed by atoms with E-state index < -0.39 is 12.1 Å². The first-order valence-corrected chi connectivity index (χ1v) is 15.0. The van der Waals surface area contributed by atoms with Gasteiger partial charge in [-0.1, -0.05) is 36.4 Å². The Balaban J connectivity index is 1.09. The summed E-state index contributed by atoms with van der Waals surface area (Å²) in [4.78, 5) is 40.2. The van der Waals surface area contributed by atoms with Crippen LogP contribution >= 0.6 is 0 Å². The molecule has 5 heterocycles. The zero-order chi connectivity index (χ0) is 29.2. The standard InChI is InChI=1S/C34H35N5O4/c1-36(2)23-10-7-21(8-11-23)17-37-14-13-24(18-37)38-19-31(40)39-28(34(38)41)16-26-25-5-3-4-6-27(25)35-32(26)33(39)22-9-12-29-30(15-22)43-20-42-29/h3-12,15,24,28,33,35H,13-14,16-20H2,1-2H3/t24-,28-,33-/m1/s1. The van der Waals surface area contributed by atoms with Crippen LogP contribution < -0.4 is 14.4 Å². The van der Waals surface area contributed by atoms with E-state index in [-0.39, 0.29) is 31.2 Å². The number of fused-ring (bicyclic) bond motifs is 5. The van der Waals surface area contributed by atoms with Crippen LogP contribution in [0.25, 0.3) is 10.9 Å². The van der Waals surface area contributed by atoms with Crippen LogP contribution in [0.4, 0.5) is 5.69 Å². The van der Waals surface area contributed by atoms with Gasteiger partial charge >= 0.3 is 0 Å². The van der Waals surface area contributed by atoms with Crippen molar-refractivity contribution in [3.8, 4) is 11.5 Å². The van der Waals surface area contributed by atoms with Crippen LogP contribution in [0, 0.1) is 0 Å². The number of benzene rings is 3. The summed E-state index contributed by atoms with van der Waals surface area (Å²) in [6.45, 7) is 2.78. The van der Waals surface area contributed by atoms with Crippen molar-refractivity contribution in [2.75, 3.05) is 45.4 Å². The second-order valence-corrected chi connectivity index (χ2v) is 12.3. The quantitative estimate of drug-likeness (QED) is 0.387. The molecule has 1 aromatic heterocycles. The van der Waals surface area contributed by atoms with Crippen molar-refractivity contribution in [3.05, 3.63) is 89.1 Å². The third kappa shape index (κ3) is 4.33. The minimum Gasteiger partial charge on any atom is -0.454 e.